The highest BCUT2D eigenvalue weighted by molar-refractivity contribution is 7.50. The Hall–Kier alpha value is -1.56. The van der Waals surface area contributed by atoms with Crippen LogP contribution in [-0.2, 0) is 15.5 Å². The van der Waals surface area contributed by atoms with Crippen molar-refractivity contribution >= 4 is 19.2 Å². The van der Waals surface area contributed by atoms with E-state index < -0.39 is 13.8 Å². The van der Waals surface area contributed by atoms with E-state index in [0.717, 1.165) is 32.1 Å². The van der Waals surface area contributed by atoms with Gasteiger partial charge in [-0.1, -0.05) is 32.6 Å². The van der Waals surface area contributed by atoms with Crippen LogP contribution >= 0.6 is 7.60 Å². The van der Waals surface area contributed by atoms with Gasteiger partial charge in [0.2, 0.25) is 5.91 Å². The van der Waals surface area contributed by atoms with Crippen molar-refractivity contribution in [2.75, 3.05) is 18.5 Å². The van der Waals surface area contributed by atoms with Crippen LogP contribution < -0.4 is 14.8 Å². The summed E-state index contributed by atoms with van der Waals surface area (Å²) in [6, 6.07) is 3.11. The molecule has 1 heterocycles. The molecule has 0 aliphatic carbocycles. The van der Waals surface area contributed by atoms with E-state index in [4.69, 9.17) is 9.47 Å². The SMILES string of the molecule is CCCCCCCC(=O)Nc1cc2c(cc1CP(=O)(O)O)OCCO2. The van der Waals surface area contributed by atoms with Gasteiger partial charge in [0.05, 0.1) is 6.16 Å². The summed E-state index contributed by atoms with van der Waals surface area (Å²) < 4.78 is 22.3. The summed E-state index contributed by atoms with van der Waals surface area (Å²) in [5.41, 5.74) is 0.711. The summed E-state index contributed by atoms with van der Waals surface area (Å²) >= 11 is 0. The fourth-order valence-electron chi connectivity index (χ4n) is 2.70. The maximum absolute atomic E-state index is 12.2. The van der Waals surface area contributed by atoms with Gasteiger partial charge in [0, 0.05) is 18.2 Å². The number of rotatable bonds is 9. The number of amides is 1. The summed E-state index contributed by atoms with van der Waals surface area (Å²) in [7, 11) is -4.28. The van der Waals surface area contributed by atoms with Crippen LogP contribution in [-0.4, -0.2) is 28.9 Å². The molecular weight excluding hydrogens is 345 g/mol. The van der Waals surface area contributed by atoms with Crippen LogP contribution in [0.5, 0.6) is 11.5 Å². The zero-order valence-corrected chi connectivity index (χ0v) is 15.4. The van der Waals surface area contributed by atoms with Crippen molar-refractivity contribution in [3.63, 3.8) is 0 Å². The monoisotopic (exact) mass is 371 g/mol. The number of anilines is 1. The zero-order valence-electron chi connectivity index (χ0n) is 14.5. The van der Waals surface area contributed by atoms with E-state index in [-0.39, 0.29) is 5.91 Å². The first kappa shape index (κ1) is 19.8. The second-order valence-electron chi connectivity index (χ2n) is 6.19. The van der Waals surface area contributed by atoms with E-state index in [1.807, 2.05) is 0 Å². The number of fused-ring (bicyclic) bond motifs is 1. The first-order chi connectivity index (χ1) is 11.9. The fraction of sp³-hybridized carbons (Fsp3) is 0.588. The van der Waals surface area contributed by atoms with Crippen molar-refractivity contribution in [2.24, 2.45) is 0 Å². The highest BCUT2D eigenvalue weighted by Gasteiger charge is 2.22. The average Bonchev–Trinajstić information content (AvgIpc) is 2.54. The van der Waals surface area contributed by atoms with Crippen molar-refractivity contribution in [3.8, 4) is 11.5 Å². The smallest absolute Gasteiger partial charge is 0.329 e. The third kappa shape index (κ3) is 6.69. The number of carbonyl (C=O) groups excluding carboxylic acids is 1. The predicted molar refractivity (Wildman–Crippen MR) is 95.2 cm³/mol. The van der Waals surface area contributed by atoms with E-state index in [0.29, 0.717) is 42.4 Å². The van der Waals surface area contributed by atoms with Gasteiger partial charge in [0.15, 0.2) is 11.5 Å². The lowest BCUT2D eigenvalue weighted by atomic mass is 10.1. The largest absolute Gasteiger partial charge is 0.486 e. The van der Waals surface area contributed by atoms with E-state index in [2.05, 4.69) is 12.2 Å². The van der Waals surface area contributed by atoms with Gasteiger partial charge in [-0.2, -0.15) is 0 Å². The average molecular weight is 371 g/mol. The number of carbonyl (C=O) groups is 1. The normalized spacial score (nSPS) is 13.6. The van der Waals surface area contributed by atoms with Crippen molar-refractivity contribution in [2.45, 2.75) is 51.6 Å². The summed E-state index contributed by atoms with van der Waals surface area (Å²) in [5, 5.41) is 2.76. The van der Waals surface area contributed by atoms with Gasteiger partial charge < -0.3 is 24.6 Å². The Balaban J connectivity index is 2.06. The molecular formula is C17H26NO6P. The Kier molecular flexibility index (Phi) is 7.29. The highest BCUT2D eigenvalue weighted by Crippen LogP contribution is 2.44. The van der Waals surface area contributed by atoms with Crippen molar-refractivity contribution < 1.29 is 28.6 Å². The molecule has 140 valence electrons. The van der Waals surface area contributed by atoms with E-state index in [1.54, 1.807) is 6.07 Å². The second kappa shape index (κ2) is 9.22. The topological polar surface area (TPSA) is 105 Å². The summed E-state index contributed by atoms with van der Waals surface area (Å²) in [5.74, 6) is 0.742. The molecule has 1 aliphatic heterocycles. The molecule has 3 N–H and O–H groups in total. The van der Waals surface area contributed by atoms with Gasteiger partial charge >= 0.3 is 7.60 Å². The highest BCUT2D eigenvalue weighted by atomic mass is 31.2. The summed E-state index contributed by atoms with van der Waals surface area (Å²) in [6.07, 6.45) is 5.13. The lowest BCUT2D eigenvalue weighted by molar-refractivity contribution is -0.116. The molecule has 25 heavy (non-hydrogen) atoms. The minimum Gasteiger partial charge on any atom is -0.486 e. The summed E-state index contributed by atoms with van der Waals surface area (Å²) in [6.45, 7) is 2.92. The van der Waals surface area contributed by atoms with E-state index in [1.165, 1.54) is 6.07 Å². The van der Waals surface area contributed by atoms with Crippen LogP contribution in [0.2, 0.25) is 0 Å². The van der Waals surface area contributed by atoms with E-state index >= 15 is 0 Å². The van der Waals surface area contributed by atoms with Gasteiger partial charge in [-0.3, -0.25) is 9.36 Å². The number of unbranched alkanes of at least 4 members (excludes halogenated alkanes) is 4. The van der Waals surface area contributed by atoms with Crippen molar-refractivity contribution in [3.05, 3.63) is 17.7 Å². The molecule has 0 saturated carbocycles. The molecule has 1 amide bonds. The first-order valence-electron chi connectivity index (χ1n) is 8.66. The van der Waals surface area contributed by atoms with Crippen molar-refractivity contribution in [1.29, 1.82) is 0 Å². The minimum atomic E-state index is -4.28. The predicted octanol–water partition coefficient (Wildman–Crippen LogP) is 3.43. The van der Waals surface area contributed by atoms with Crippen molar-refractivity contribution in [1.82, 2.24) is 0 Å². The number of ether oxygens (including phenoxy) is 2. The van der Waals surface area contributed by atoms with Crippen LogP contribution in [0.4, 0.5) is 5.69 Å². The lowest BCUT2D eigenvalue weighted by Gasteiger charge is -2.21. The molecule has 0 atom stereocenters. The van der Waals surface area contributed by atoms with Gasteiger partial charge in [0.25, 0.3) is 0 Å². The maximum Gasteiger partial charge on any atom is 0.329 e. The second-order valence-corrected chi connectivity index (χ2v) is 7.83. The Bertz CT molecular complexity index is 642. The molecule has 0 spiro atoms. The molecule has 0 radical (unpaired) electrons. The molecule has 1 aromatic carbocycles. The van der Waals surface area contributed by atoms with Gasteiger partial charge in [0.1, 0.15) is 13.2 Å². The van der Waals surface area contributed by atoms with Gasteiger partial charge in [-0.25, -0.2) is 0 Å². The molecule has 1 aliphatic rings. The van der Waals surface area contributed by atoms with Crippen LogP contribution in [0, 0.1) is 0 Å². The van der Waals surface area contributed by atoms with Crippen LogP contribution in [0.1, 0.15) is 51.0 Å². The van der Waals surface area contributed by atoms with Gasteiger partial charge in [-0.15, -0.1) is 0 Å². The Labute approximate surface area is 147 Å². The molecule has 0 unspecified atom stereocenters. The number of hydrogen-bond acceptors (Lipinski definition) is 4. The third-order valence-corrected chi connectivity index (χ3v) is 4.68. The Morgan fingerprint density at radius 1 is 1.12 bits per heavy atom. The van der Waals surface area contributed by atoms with Crippen LogP contribution in [0.3, 0.4) is 0 Å². The first-order valence-corrected chi connectivity index (χ1v) is 10.5. The molecule has 0 bridgehead atoms. The molecule has 0 saturated heterocycles. The standard InChI is InChI=1S/C17H26NO6P/c1-2-3-4-5-6-7-17(19)18-14-11-16-15(23-8-9-24-16)10-13(14)12-25(20,21)22/h10-11H,2-9,12H2,1H3,(H,18,19)(H2,20,21,22). The molecule has 8 heteroatoms. The fourth-order valence-corrected chi connectivity index (χ4v) is 3.41. The molecule has 2 rings (SSSR count). The third-order valence-electron chi connectivity index (χ3n) is 3.93. The quantitative estimate of drug-likeness (QED) is 0.454. The lowest BCUT2D eigenvalue weighted by Crippen LogP contribution is -2.17. The van der Waals surface area contributed by atoms with Gasteiger partial charge in [-0.05, 0) is 18.1 Å². The molecule has 1 aromatic rings. The minimum absolute atomic E-state index is 0.167. The summed E-state index contributed by atoms with van der Waals surface area (Å²) in [4.78, 5) is 30.7. The number of nitrogens with one attached hydrogen (secondary N) is 1. The maximum atomic E-state index is 12.2. The molecule has 0 aromatic heterocycles. The molecule has 0 fully saturated rings. The van der Waals surface area contributed by atoms with Crippen LogP contribution in [0.15, 0.2) is 12.1 Å². The van der Waals surface area contributed by atoms with Crippen LogP contribution in [0.25, 0.3) is 0 Å². The Morgan fingerprint density at radius 3 is 2.40 bits per heavy atom. The zero-order chi connectivity index (χ0) is 18.3. The number of hydrogen-bond donors (Lipinski definition) is 3. The van der Waals surface area contributed by atoms with E-state index in [9.17, 15) is 19.1 Å². The molecule has 7 nitrogen and oxygen atoms in total. The Morgan fingerprint density at radius 2 is 1.76 bits per heavy atom. The number of benzene rings is 1.